The first kappa shape index (κ1) is 13.5. The molecule has 2 aromatic rings. The Bertz CT molecular complexity index is 698. The van der Waals surface area contributed by atoms with Gasteiger partial charge >= 0.3 is 0 Å². The van der Waals surface area contributed by atoms with Crippen LogP contribution in [0.1, 0.15) is 16.1 Å². The molecule has 1 aromatic carbocycles. The maximum absolute atomic E-state index is 13.2. The van der Waals surface area contributed by atoms with Crippen molar-refractivity contribution in [1.29, 1.82) is 0 Å². The number of carbonyl (C=O) groups is 1. The van der Waals surface area contributed by atoms with Gasteiger partial charge in [0, 0.05) is 6.07 Å². The van der Waals surface area contributed by atoms with E-state index in [9.17, 15) is 19.3 Å². The number of rotatable bonds is 3. The molecule has 0 spiro atoms. The molecule has 8 nitrogen and oxygen atoms in total. The number of nitrogens with zero attached hydrogens (tertiary/aromatic N) is 2. The van der Waals surface area contributed by atoms with E-state index in [1.165, 1.54) is 6.07 Å². The summed E-state index contributed by atoms with van der Waals surface area (Å²) in [6.07, 6.45) is 0. The molecular weight excluding hydrogens is 271 g/mol. The second-order valence-electron chi connectivity index (χ2n) is 3.92. The first-order chi connectivity index (χ1) is 9.38. The highest BCUT2D eigenvalue weighted by Gasteiger charge is 2.23. The highest BCUT2D eigenvalue weighted by Crippen LogP contribution is 2.25. The minimum absolute atomic E-state index is 0.0877. The Balaban J connectivity index is 2.38. The van der Waals surface area contributed by atoms with Crippen molar-refractivity contribution >= 4 is 23.1 Å². The zero-order valence-corrected chi connectivity index (χ0v) is 10.2. The molecule has 0 aliphatic heterocycles. The number of aryl methyl sites for hydroxylation is 1. The Labute approximate surface area is 111 Å². The molecule has 1 aromatic heterocycles. The molecule has 0 unspecified atom stereocenters. The molecular formula is C11H9FN4O4. The summed E-state index contributed by atoms with van der Waals surface area (Å²) < 4.78 is 18.0. The molecule has 0 saturated carbocycles. The number of aromatic nitrogens is 1. The first-order valence-corrected chi connectivity index (χ1v) is 5.36. The molecule has 2 rings (SSSR count). The van der Waals surface area contributed by atoms with Crippen molar-refractivity contribution in [3.63, 3.8) is 0 Å². The summed E-state index contributed by atoms with van der Waals surface area (Å²) in [5.41, 5.74) is 3.90. The monoisotopic (exact) mass is 280 g/mol. The lowest BCUT2D eigenvalue weighted by Crippen LogP contribution is -2.15. The van der Waals surface area contributed by atoms with Gasteiger partial charge in [0.2, 0.25) is 0 Å². The molecule has 0 saturated heterocycles. The molecule has 1 heterocycles. The van der Waals surface area contributed by atoms with Crippen LogP contribution in [0.2, 0.25) is 0 Å². The molecule has 1 amide bonds. The molecule has 0 bridgehead atoms. The van der Waals surface area contributed by atoms with Crippen LogP contribution in [0, 0.1) is 22.9 Å². The van der Waals surface area contributed by atoms with Crippen molar-refractivity contribution in [2.75, 3.05) is 11.1 Å². The van der Waals surface area contributed by atoms with Crippen LogP contribution in [0.5, 0.6) is 0 Å². The summed E-state index contributed by atoms with van der Waals surface area (Å²) in [6, 6.07) is 2.92. The number of nitrogen functional groups attached to an aromatic ring is 1. The van der Waals surface area contributed by atoms with Gasteiger partial charge in [0.15, 0.2) is 11.6 Å². The van der Waals surface area contributed by atoms with Crippen LogP contribution in [0.4, 0.5) is 21.6 Å². The second-order valence-corrected chi connectivity index (χ2v) is 3.92. The summed E-state index contributed by atoms with van der Waals surface area (Å²) in [4.78, 5) is 21.9. The van der Waals surface area contributed by atoms with Crippen LogP contribution in [-0.4, -0.2) is 16.0 Å². The van der Waals surface area contributed by atoms with Crippen molar-refractivity contribution in [1.82, 2.24) is 5.16 Å². The van der Waals surface area contributed by atoms with Crippen molar-refractivity contribution in [3.8, 4) is 0 Å². The fraction of sp³-hybridized carbons (Fsp3) is 0.0909. The van der Waals surface area contributed by atoms with Gasteiger partial charge in [-0.05, 0) is 13.0 Å². The zero-order valence-electron chi connectivity index (χ0n) is 10.2. The Morgan fingerprint density at radius 2 is 2.20 bits per heavy atom. The summed E-state index contributed by atoms with van der Waals surface area (Å²) in [7, 11) is 0. The molecule has 0 radical (unpaired) electrons. The predicted octanol–water partition coefficient (Wildman–Crippen LogP) is 1.86. The largest absolute Gasteiger partial charge is 0.396 e. The molecule has 0 fully saturated rings. The van der Waals surface area contributed by atoms with Crippen molar-refractivity contribution in [2.45, 2.75) is 6.92 Å². The minimum Gasteiger partial charge on any atom is -0.396 e. The van der Waals surface area contributed by atoms with Crippen LogP contribution < -0.4 is 11.1 Å². The zero-order chi connectivity index (χ0) is 14.9. The van der Waals surface area contributed by atoms with Crippen molar-refractivity contribution < 1.29 is 18.6 Å². The number of amides is 1. The second kappa shape index (κ2) is 4.96. The number of halogens is 1. The van der Waals surface area contributed by atoms with E-state index in [1.807, 2.05) is 0 Å². The number of nitro groups is 1. The van der Waals surface area contributed by atoms with Crippen molar-refractivity contribution in [3.05, 3.63) is 45.5 Å². The molecule has 0 atom stereocenters. The standard InChI is InChI=1S/C11H9FN4O4/c1-5-2-10(15-20-5)14-11(17)6-3-8(13)7(12)4-9(6)16(18)19/h2-4H,13H2,1H3,(H,14,15,17). The normalized spacial score (nSPS) is 10.3. The minimum atomic E-state index is -0.967. The number of nitrogens with two attached hydrogens (primary N) is 1. The van der Waals surface area contributed by atoms with E-state index < -0.39 is 22.3 Å². The number of nitrogens with one attached hydrogen (secondary N) is 1. The summed E-state index contributed by atoms with van der Waals surface area (Å²) in [5.74, 6) is -1.26. The Hall–Kier alpha value is -2.97. The number of hydrogen-bond acceptors (Lipinski definition) is 6. The third-order valence-corrected chi connectivity index (χ3v) is 2.43. The molecule has 3 N–H and O–H groups in total. The van der Waals surface area contributed by atoms with Crippen LogP contribution in [0.15, 0.2) is 22.7 Å². The topological polar surface area (TPSA) is 124 Å². The molecule has 9 heteroatoms. The van der Waals surface area contributed by atoms with Gasteiger partial charge in [-0.3, -0.25) is 14.9 Å². The fourth-order valence-electron chi connectivity index (χ4n) is 1.52. The molecule has 0 aliphatic rings. The number of benzene rings is 1. The van der Waals surface area contributed by atoms with Gasteiger partial charge < -0.3 is 15.6 Å². The van der Waals surface area contributed by atoms with E-state index in [4.69, 9.17) is 10.3 Å². The van der Waals surface area contributed by atoms with Gasteiger partial charge in [-0.15, -0.1) is 0 Å². The smallest absolute Gasteiger partial charge is 0.285 e. The highest BCUT2D eigenvalue weighted by atomic mass is 19.1. The number of anilines is 2. The van der Waals surface area contributed by atoms with Crippen LogP contribution in [0.3, 0.4) is 0 Å². The summed E-state index contributed by atoms with van der Waals surface area (Å²) in [6.45, 7) is 1.61. The van der Waals surface area contributed by atoms with E-state index in [1.54, 1.807) is 6.92 Å². The van der Waals surface area contributed by atoms with Gasteiger partial charge in [0.05, 0.1) is 16.7 Å². The first-order valence-electron chi connectivity index (χ1n) is 5.36. The Morgan fingerprint density at radius 1 is 1.50 bits per heavy atom. The third kappa shape index (κ3) is 2.55. The Morgan fingerprint density at radius 3 is 2.75 bits per heavy atom. The van der Waals surface area contributed by atoms with E-state index in [0.717, 1.165) is 6.07 Å². The quantitative estimate of drug-likeness (QED) is 0.502. The molecule has 0 aliphatic carbocycles. The molecule has 20 heavy (non-hydrogen) atoms. The Kier molecular flexibility index (Phi) is 3.34. The lowest BCUT2D eigenvalue weighted by Gasteiger charge is -2.04. The van der Waals surface area contributed by atoms with Gasteiger partial charge in [0.25, 0.3) is 11.6 Å². The maximum atomic E-state index is 13.2. The SMILES string of the molecule is Cc1cc(NC(=O)c2cc(N)c(F)cc2[N+](=O)[O-])no1. The average Bonchev–Trinajstić information content (AvgIpc) is 2.77. The molecule has 104 valence electrons. The lowest BCUT2D eigenvalue weighted by molar-refractivity contribution is -0.385. The third-order valence-electron chi connectivity index (χ3n) is 2.43. The average molecular weight is 280 g/mol. The number of hydrogen-bond donors (Lipinski definition) is 2. The van der Waals surface area contributed by atoms with Gasteiger partial charge in [-0.25, -0.2) is 4.39 Å². The predicted molar refractivity (Wildman–Crippen MR) is 66.7 cm³/mol. The van der Waals surface area contributed by atoms with Crippen LogP contribution in [0.25, 0.3) is 0 Å². The van der Waals surface area contributed by atoms with Gasteiger partial charge in [-0.1, -0.05) is 5.16 Å². The lowest BCUT2D eigenvalue weighted by atomic mass is 10.1. The van der Waals surface area contributed by atoms with E-state index >= 15 is 0 Å². The van der Waals surface area contributed by atoms with E-state index in [2.05, 4.69) is 10.5 Å². The summed E-state index contributed by atoms with van der Waals surface area (Å²) >= 11 is 0. The maximum Gasteiger partial charge on any atom is 0.285 e. The van der Waals surface area contributed by atoms with Crippen LogP contribution in [-0.2, 0) is 0 Å². The fourth-order valence-corrected chi connectivity index (χ4v) is 1.52. The van der Waals surface area contributed by atoms with Crippen LogP contribution >= 0.6 is 0 Å². The van der Waals surface area contributed by atoms with E-state index in [-0.39, 0.29) is 17.1 Å². The van der Waals surface area contributed by atoms with Crippen molar-refractivity contribution in [2.24, 2.45) is 0 Å². The highest BCUT2D eigenvalue weighted by molar-refractivity contribution is 6.07. The summed E-state index contributed by atoms with van der Waals surface area (Å²) in [5, 5.41) is 16.6. The van der Waals surface area contributed by atoms with Gasteiger partial charge in [0.1, 0.15) is 11.3 Å². The van der Waals surface area contributed by atoms with E-state index in [0.29, 0.717) is 11.8 Å². The van der Waals surface area contributed by atoms with Gasteiger partial charge in [-0.2, -0.15) is 0 Å². The number of carbonyl (C=O) groups excluding carboxylic acids is 1. The number of nitro benzene ring substituents is 1.